The molecule has 0 unspecified atom stereocenters. The van der Waals surface area contributed by atoms with Crippen LogP contribution in [0, 0.1) is 46.0 Å². The maximum atomic E-state index is 8.25. The largest absolute Gasteiger partial charge is 0.693 e. The van der Waals surface area contributed by atoms with Crippen LogP contribution in [0.3, 0.4) is 0 Å². The quantitative estimate of drug-likeness (QED) is 0.349. The molecule has 0 amide bonds. The molecule has 16 heavy (non-hydrogen) atoms. The van der Waals surface area contributed by atoms with Crippen LogP contribution in [0.15, 0.2) is 0 Å². The zero-order valence-corrected chi connectivity index (χ0v) is 8.72. The summed E-state index contributed by atoms with van der Waals surface area (Å²) in [4.78, 5) is 24.8. The van der Waals surface area contributed by atoms with Crippen molar-refractivity contribution in [2.45, 2.75) is 0 Å². The molecule has 1 radical (unpaired) electrons. The Morgan fingerprint density at radius 1 is 0.500 bits per heavy atom. The standard InChI is InChI=1S/3NO3.3H2N.Rh/c3*2-1(3)4;;;;/h;;;3*1H2;/q6*-1;. The molecule has 0 saturated heterocycles. The molecule has 105 valence electrons. The molecule has 0 aromatic carbocycles. The van der Waals surface area contributed by atoms with Crippen LogP contribution in [0.25, 0.3) is 18.5 Å². The SMILES string of the molecule is O=[N+]([O-])[O-].O=[N+]([O-])[O-].O=[N+]([O-])[O-].[NH2-].[NH2-].[NH2-].[Rh]. The van der Waals surface area contributed by atoms with Gasteiger partial charge in [0.05, 0.1) is 15.3 Å². The third-order valence-corrected chi connectivity index (χ3v) is 0. The fourth-order valence-electron chi connectivity index (χ4n) is 0. The summed E-state index contributed by atoms with van der Waals surface area (Å²) in [5.74, 6) is 0. The molecule has 0 atom stereocenters. The second-order valence-electron chi connectivity index (χ2n) is 0.671. The van der Waals surface area contributed by atoms with E-state index in [1.165, 1.54) is 0 Å². The summed E-state index contributed by atoms with van der Waals surface area (Å²) in [6.07, 6.45) is 0. The first-order valence-electron chi connectivity index (χ1n) is 1.64. The summed E-state index contributed by atoms with van der Waals surface area (Å²) < 4.78 is 0. The van der Waals surface area contributed by atoms with Crippen LogP contribution in [0.2, 0.25) is 0 Å². The molecule has 0 fully saturated rings. The Labute approximate surface area is 99.9 Å². The average molecular weight is 337 g/mol. The fourth-order valence-corrected chi connectivity index (χ4v) is 0. The van der Waals surface area contributed by atoms with Crippen molar-refractivity contribution in [1.82, 2.24) is 0 Å². The second-order valence-corrected chi connectivity index (χ2v) is 0.671. The Hall–Kier alpha value is -1.90. The van der Waals surface area contributed by atoms with E-state index in [1.807, 2.05) is 0 Å². The van der Waals surface area contributed by atoms with Gasteiger partial charge in [0.2, 0.25) is 0 Å². The Bertz CT molecular complexity index is 118. The van der Waals surface area contributed by atoms with Gasteiger partial charge in [0.25, 0.3) is 0 Å². The van der Waals surface area contributed by atoms with Crippen molar-refractivity contribution in [2.24, 2.45) is 0 Å². The van der Waals surface area contributed by atoms with Gasteiger partial charge in [-0.1, -0.05) is 0 Å². The Morgan fingerprint density at radius 3 is 0.500 bits per heavy atom. The van der Waals surface area contributed by atoms with Gasteiger partial charge in [-0.2, -0.15) is 0 Å². The molecular weight excluding hydrogens is 331 g/mol. The van der Waals surface area contributed by atoms with E-state index >= 15 is 0 Å². The van der Waals surface area contributed by atoms with Crippen LogP contribution in [0.1, 0.15) is 0 Å². The summed E-state index contributed by atoms with van der Waals surface area (Å²) in [5.41, 5.74) is 0. The Balaban J connectivity index is -0.0000000135. The molecule has 0 rings (SSSR count). The molecule has 16 heteroatoms. The molecule has 0 saturated carbocycles. The van der Waals surface area contributed by atoms with E-state index in [4.69, 9.17) is 46.0 Å². The van der Waals surface area contributed by atoms with E-state index in [0.717, 1.165) is 0 Å². The van der Waals surface area contributed by atoms with Gasteiger partial charge in [-0.05, 0) is 0 Å². The average Bonchev–Trinajstić information content (AvgIpc) is 1.54. The molecule has 0 aliphatic rings. The summed E-state index contributed by atoms with van der Waals surface area (Å²) in [5, 5.41) is 44.2. The third kappa shape index (κ3) is 415. The van der Waals surface area contributed by atoms with Crippen LogP contribution in [0.4, 0.5) is 0 Å². The van der Waals surface area contributed by atoms with Crippen LogP contribution in [0.5, 0.6) is 0 Å². The first-order chi connectivity index (χ1) is 5.20. The molecule has 0 spiro atoms. The summed E-state index contributed by atoms with van der Waals surface area (Å²) >= 11 is 0. The number of hydrogen-bond donors (Lipinski definition) is 0. The Kier molecular flexibility index (Phi) is 114. The predicted octanol–water partition coefficient (Wildman–Crippen LogP) is 1.43. The zero-order chi connectivity index (χ0) is 10.7. The first kappa shape index (κ1) is 48.0. The summed E-state index contributed by atoms with van der Waals surface area (Å²) in [7, 11) is 0. The molecule has 0 heterocycles. The van der Waals surface area contributed by atoms with Crippen LogP contribution >= 0.6 is 0 Å². The number of nitrogens with zero attached hydrogens (tertiary/aromatic N) is 3. The maximum Gasteiger partial charge on any atom is 0.0689 e. The van der Waals surface area contributed by atoms with E-state index in [9.17, 15) is 0 Å². The van der Waals surface area contributed by atoms with Crippen molar-refractivity contribution < 1.29 is 34.7 Å². The van der Waals surface area contributed by atoms with Crippen molar-refractivity contribution in [3.63, 3.8) is 0 Å². The molecule has 15 nitrogen and oxygen atoms in total. The molecule has 0 bridgehead atoms. The van der Waals surface area contributed by atoms with E-state index in [1.54, 1.807) is 0 Å². The fraction of sp³-hybridized carbons (Fsp3) is 0. The minimum Gasteiger partial charge on any atom is -0.693 e. The van der Waals surface area contributed by atoms with Crippen molar-refractivity contribution in [1.29, 1.82) is 0 Å². The van der Waals surface area contributed by atoms with Gasteiger partial charge in [0.1, 0.15) is 0 Å². The summed E-state index contributed by atoms with van der Waals surface area (Å²) in [6.45, 7) is 0. The predicted molar refractivity (Wildman–Crippen MR) is 46.9 cm³/mol. The van der Waals surface area contributed by atoms with Gasteiger partial charge in [0, 0.05) is 19.5 Å². The van der Waals surface area contributed by atoms with Crippen LogP contribution < -0.4 is 0 Å². The third-order valence-electron chi connectivity index (χ3n) is 0. The normalized spacial score (nSPS) is 4.50. The number of hydrogen-bond acceptors (Lipinski definition) is 9. The van der Waals surface area contributed by atoms with Crippen molar-refractivity contribution >= 4 is 0 Å². The second kappa shape index (κ2) is 38.0. The topological polar surface area (TPSA) is 299 Å². The van der Waals surface area contributed by atoms with Gasteiger partial charge in [-0.3, -0.25) is 0 Å². The molecule has 0 aliphatic heterocycles. The molecule has 0 aromatic rings. The van der Waals surface area contributed by atoms with Gasteiger partial charge in [0.15, 0.2) is 0 Å². The van der Waals surface area contributed by atoms with E-state index in [2.05, 4.69) is 0 Å². The van der Waals surface area contributed by atoms with Crippen LogP contribution in [-0.4, -0.2) is 15.3 Å². The van der Waals surface area contributed by atoms with Gasteiger partial charge >= 0.3 is 0 Å². The van der Waals surface area contributed by atoms with Crippen LogP contribution in [-0.2, 0) is 19.5 Å². The van der Waals surface area contributed by atoms with E-state index in [-0.39, 0.29) is 37.9 Å². The van der Waals surface area contributed by atoms with Gasteiger partial charge in [-0.25, -0.2) is 0 Å². The van der Waals surface area contributed by atoms with Gasteiger partial charge < -0.3 is 64.4 Å². The number of nitrogens with two attached hydrogens (primary N) is 3. The van der Waals surface area contributed by atoms with Crippen molar-refractivity contribution in [3.8, 4) is 0 Å². The van der Waals surface area contributed by atoms with E-state index in [0.29, 0.717) is 0 Å². The molecule has 6 N–H and O–H groups in total. The minimum absolute atomic E-state index is 0. The molecule has 0 aliphatic carbocycles. The first-order valence-corrected chi connectivity index (χ1v) is 1.64. The monoisotopic (exact) mass is 337 g/mol. The zero-order valence-electron chi connectivity index (χ0n) is 7.08. The molecular formula is H6N6O9Rh-6. The minimum atomic E-state index is -1.75. The van der Waals surface area contributed by atoms with E-state index < -0.39 is 15.3 Å². The maximum absolute atomic E-state index is 8.25. The summed E-state index contributed by atoms with van der Waals surface area (Å²) in [6, 6.07) is 0. The van der Waals surface area contributed by atoms with Crippen molar-refractivity contribution in [3.05, 3.63) is 64.4 Å². The smallest absolute Gasteiger partial charge is 0.0689 e. The molecule has 0 aromatic heterocycles. The van der Waals surface area contributed by atoms with Crippen molar-refractivity contribution in [2.75, 3.05) is 0 Å². The number of rotatable bonds is 0. The van der Waals surface area contributed by atoms with Gasteiger partial charge in [-0.15, -0.1) is 0 Å². The Morgan fingerprint density at radius 2 is 0.500 bits per heavy atom.